The Bertz CT molecular complexity index is 673. The Morgan fingerprint density at radius 1 is 1.17 bits per heavy atom. The van der Waals surface area contributed by atoms with Gasteiger partial charge in [-0.15, -0.1) is 0 Å². The van der Waals surface area contributed by atoms with E-state index in [4.69, 9.17) is 14.0 Å². The fourth-order valence-electron chi connectivity index (χ4n) is 2.31. The number of carbonyl (C=O) groups excluding carboxylic acids is 2. The predicted molar refractivity (Wildman–Crippen MR) is 87.8 cm³/mol. The molecule has 1 amide bonds. The lowest BCUT2D eigenvalue weighted by atomic mass is 9.77. The van der Waals surface area contributed by atoms with Gasteiger partial charge >= 0.3 is 13.1 Å². The number of methoxy groups -OCH3 is 1. The van der Waals surface area contributed by atoms with E-state index in [1.807, 2.05) is 27.7 Å². The molecule has 1 aliphatic rings. The summed E-state index contributed by atoms with van der Waals surface area (Å²) in [6.07, 6.45) is 0. The van der Waals surface area contributed by atoms with Crippen molar-refractivity contribution in [1.82, 2.24) is 0 Å². The van der Waals surface area contributed by atoms with E-state index in [2.05, 4.69) is 5.32 Å². The van der Waals surface area contributed by atoms with Crippen LogP contribution in [0, 0.1) is 5.82 Å². The Hall–Kier alpha value is -1.93. The Morgan fingerprint density at radius 2 is 1.71 bits per heavy atom. The zero-order chi connectivity index (χ0) is 18.3. The maximum Gasteiger partial charge on any atom is 0.497 e. The van der Waals surface area contributed by atoms with E-state index < -0.39 is 36.0 Å². The van der Waals surface area contributed by atoms with Crippen molar-refractivity contribution in [3.63, 3.8) is 0 Å². The van der Waals surface area contributed by atoms with Crippen molar-refractivity contribution in [2.24, 2.45) is 0 Å². The van der Waals surface area contributed by atoms with E-state index in [0.29, 0.717) is 0 Å². The van der Waals surface area contributed by atoms with Crippen LogP contribution in [0.1, 0.15) is 45.0 Å². The summed E-state index contributed by atoms with van der Waals surface area (Å²) >= 11 is 0. The summed E-state index contributed by atoms with van der Waals surface area (Å²) < 4.78 is 30.9. The number of halogens is 1. The molecule has 0 unspecified atom stereocenters. The summed E-state index contributed by atoms with van der Waals surface area (Å²) in [4.78, 5) is 23.2. The van der Waals surface area contributed by atoms with E-state index in [0.717, 1.165) is 6.07 Å². The summed E-state index contributed by atoms with van der Waals surface area (Å²) in [6.45, 7) is 8.65. The van der Waals surface area contributed by atoms with Crippen molar-refractivity contribution in [3.05, 3.63) is 23.5 Å². The molecule has 2 rings (SSSR count). The molecule has 0 aliphatic carbocycles. The number of ether oxygens (including phenoxy) is 1. The van der Waals surface area contributed by atoms with Gasteiger partial charge in [0.25, 0.3) is 0 Å². The third kappa shape index (κ3) is 3.30. The van der Waals surface area contributed by atoms with Crippen LogP contribution in [0.2, 0.25) is 0 Å². The first-order chi connectivity index (χ1) is 11.0. The van der Waals surface area contributed by atoms with Crippen molar-refractivity contribution >= 4 is 30.1 Å². The average molecular weight is 337 g/mol. The second-order valence-corrected chi connectivity index (χ2v) is 6.68. The van der Waals surface area contributed by atoms with Gasteiger partial charge in [-0.25, -0.2) is 9.18 Å². The predicted octanol–water partition coefficient (Wildman–Crippen LogP) is 1.87. The smallest absolute Gasteiger partial charge is 0.465 e. The quantitative estimate of drug-likeness (QED) is 0.673. The van der Waals surface area contributed by atoms with Crippen LogP contribution in [-0.4, -0.2) is 37.3 Å². The van der Waals surface area contributed by atoms with Crippen LogP contribution in [0.3, 0.4) is 0 Å². The van der Waals surface area contributed by atoms with Crippen LogP contribution >= 0.6 is 0 Å². The SMILES string of the molecule is COC(=O)c1cc(B2OC(C)(C)C(C)(C)O2)c(F)cc1NC(C)=O. The van der Waals surface area contributed by atoms with Crippen LogP contribution < -0.4 is 10.8 Å². The largest absolute Gasteiger partial charge is 0.497 e. The van der Waals surface area contributed by atoms with E-state index >= 15 is 0 Å². The highest BCUT2D eigenvalue weighted by Gasteiger charge is 2.52. The lowest BCUT2D eigenvalue weighted by Gasteiger charge is -2.32. The third-order valence-electron chi connectivity index (χ3n) is 4.36. The zero-order valence-electron chi connectivity index (χ0n) is 14.7. The standard InChI is InChI=1S/C16H21BFNO5/c1-9(20)19-13-8-12(18)11(7-10(13)14(21)22-6)17-23-15(2,3)16(4,5)24-17/h7-8H,1-6H3,(H,19,20). The summed E-state index contributed by atoms with van der Waals surface area (Å²) in [6, 6.07) is 2.35. The van der Waals surface area contributed by atoms with Crippen LogP contribution in [0.4, 0.5) is 10.1 Å². The van der Waals surface area contributed by atoms with Crippen molar-refractivity contribution in [2.45, 2.75) is 45.8 Å². The monoisotopic (exact) mass is 337 g/mol. The summed E-state index contributed by atoms with van der Waals surface area (Å²) in [7, 11) is 0.238. The zero-order valence-corrected chi connectivity index (χ0v) is 14.7. The molecular formula is C16H21BFNO5. The minimum Gasteiger partial charge on any atom is -0.465 e. The van der Waals surface area contributed by atoms with Crippen LogP contribution in [0.15, 0.2) is 12.1 Å². The van der Waals surface area contributed by atoms with Crippen LogP contribution in [0.5, 0.6) is 0 Å². The Balaban J connectivity index is 2.49. The Kier molecular flexibility index (Phi) is 4.74. The molecule has 1 aromatic rings. The number of hydrogen-bond acceptors (Lipinski definition) is 5. The molecule has 8 heteroatoms. The minimum atomic E-state index is -0.968. The van der Waals surface area contributed by atoms with Gasteiger partial charge in [0.2, 0.25) is 5.91 Å². The number of amides is 1. The number of benzene rings is 1. The first-order valence-electron chi connectivity index (χ1n) is 7.53. The topological polar surface area (TPSA) is 73.9 Å². The van der Waals surface area contributed by atoms with Gasteiger partial charge in [-0.1, -0.05) is 0 Å². The van der Waals surface area contributed by atoms with Crippen LogP contribution in [0.25, 0.3) is 0 Å². The molecule has 0 bridgehead atoms. The maximum absolute atomic E-state index is 14.5. The number of carbonyl (C=O) groups is 2. The molecular weight excluding hydrogens is 316 g/mol. The molecule has 1 fully saturated rings. The number of rotatable bonds is 3. The summed E-state index contributed by atoms with van der Waals surface area (Å²) in [5.41, 5.74) is -1.16. The van der Waals surface area contributed by atoms with E-state index in [1.54, 1.807) is 0 Å². The number of nitrogens with one attached hydrogen (secondary N) is 1. The normalized spacial score (nSPS) is 18.4. The first kappa shape index (κ1) is 18.4. The molecule has 0 atom stereocenters. The van der Waals surface area contributed by atoms with Crippen molar-refractivity contribution in [3.8, 4) is 0 Å². The molecule has 1 aromatic carbocycles. The molecule has 130 valence electrons. The number of hydrogen-bond donors (Lipinski definition) is 1. The second kappa shape index (κ2) is 6.18. The highest BCUT2D eigenvalue weighted by molar-refractivity contribution is 6.62. The van der Waals surface area contributed by atoms with Gasteiger partial charge in [-0.05, 0) is 39.8 Å². The van der Waals surface area contributed by atoms with Gasteiger partial charge in [0.05, 0.1) is 29.6 Å². The van der Waals surface area contributed by atoms with Gasteiger partial charge in [-0.3, -0.25) is 4.79 Å². The van der Waals surface area contributed by atoms with Crippen molar-refractivity contribution in [1.29, 1.82) is 0 Å². The molecule has 1 aliphatic heterocycles. The highest BCUT2D eigenvalue weighted by Crippen LogP contribution is 2.37. The molecule has 0 radical (unpaired) electrons. The highest BCUT2D eigenvalue weighted by atomic mass is 19.1. The molecule has 24 heavy (non-hydrogen) atoms. The molecule has 6 nitrogen and oxygen atoms in total. The van der Waals surface area contributed by atoms with Gasteiger partial charge in [0.15, 0.2) is 0 Å². The molecule has 1 heterocycles. The molecule has 1 N–H and O–H groups in total. The molecule has 1 saturated heterocycles. The molecule has 0 saturated carbocycles. The van der Waals surface area contributed by atoms with Gasteiger partial charge in [0, 0.05) is 12.4 Å². The average Bonchev–Trinajstić information content (AvgIpc) is 2.66. The van der Waals surface area contributed by atoms with Crippen molar-refractivity contribution < 1.29 is 28.0 Å². The van der Waals surface area contributed by atoms with Crippen molar-refractivity contribution in [2.75, 3.05) is 12.4 Å². The van der Waals surface area contributed by atoms with Gasteiger partial charge in [0.1, 0.15) is 5.82 Å². The minimum absolute atomic E-state index is 0.0267. The summed E-state index contributed by atoms with van der Waals surface area (Å²) in [5.74, 6) is -1.77. The fourth-order valence-corrected chi connectivity index (χ4v) is 2.31. The Morgan fingerprint density at radius 3 is 2.17 bits per heavy atom. The van der Waals surface area contributed by atoms with Gasteiger partial charge in [-0.2, -0.15) is 0 Å². The molecule has 0 spiro atoms. The third-order valence-corrected chi connectivity index (χ3v) is 4.36. The number of anilines is 1. The van der Waals surface area contributed by atoms with E-state index in [-0.39, 0.29) is 16.7 Å². The van der Waals surface area contributed by atoms with Crippen LogP contribution in [-0.2, 0) is 18.8 Å². The Labute approximate surface area is 140 Å². The lowest BCUT2D eigenvalue weighted by molar-refractivity contribution is -0.114. The first-order valence-corrected chi connectivity index (χ1v) is 7.53. The van der Waals surface area contributed by atoms with Gasteiger partial charge < -0.3 is 19.4 Å². The summed E-state index contributed by atoms with van der Waals surface area (Å²) in [5, 5.41) is 2.42. The second-order valence-electron chi connectivity index (χ2n) is 6.68. The molecule has 0 aromatic heterocycles. The number of esters is 1. The van der Waals surface area contributed by atoms with E-state index in [1.165, 1.54) is 20.1 Å². The lowest BCUT2D eigenvalue weighted by Crippen LogP contribution is -2.41. The maximum atomic E-state index is 14.5. The van der Waals surface area contributed by atoms with E-state index in [9.17, 15) is 14.0 Å². The fraction of sp³-hybridized carbons (Fsp3) is 0.500.